The van der Waals surface area contributed by atoms with Crippen LogP contribution in [0.5, 0.6) is 0 Å². The second-order valence-corrected chi connectivity index (χ2v) is 14.6. The minimum absolute atomic E-state index is 0.689. The smallest absolute Gasteiger partial charge is 0.00189 e. The summed E-state index contributed by atoms with van der Waals surface area (Å²) in [6.07, 6.45) is 3.73. The van der Waals surface area contributed by atoms with E-state index >= 15 is 0 Å². The third kappa shape index (κ3) is 17.7. The molecule has 3 aromatic carbocycles. The van der Waals surface area contributed by atoms with Gasteiger partial charge in [0, 0.05) is 0 Å². The van der Waals surface area contributed by atoms with E-state index in [0.717, 1.165) is 19.6 Å². The van der Waals surface area contributed by atoms with Gasteiger partial charge in [-0.25, -0.2) is 0 Å². The van der Waals surface area contributed by atoms with Crippen LogP contribution < -0.4 is 0 Å². The molecular formula is C42H69N3. The Bertz CT molecular complexity index is 933. The molecule has 0 aliphatic carbocycles. The summed E-state index contributed by atoms with van der Waals surface area (Å²) in [5.74, 6) is 4.21. The first-order valence-corrected chi connectivity index (χ1v) is 17.4. The van der Waals surface area contributed by atoms with Gasteiger partial charge < -0.3 is 14.7 Å². The highest BCUT2D eigenvalue weighted by Gasteiger charge is 2.17. The van der Waals surface area contributed by atoms with Gasteiger partial charge in [-0.2, -0.15) is 0 Å². The lowest BCUT2D eigenvalue weighted by atomic mass is 9.86. The average molecular weight is 616 g/mol. The summed E-state index contributed by atoms with van der Waals surface area (Å²) in [5.41, 5.74) is 4.44. The van der Waals surface area contributed by atoms with E-state index in [1.54, 1.807) is 0 Å². The van der Waals surface area contributed by atoms with Crippen molar-refractivity contribution in [3.63, 3.8) is 0 Å². The molecule has 3 atom stereocenters. The Hall–Kier alpha value is -2.46. The molecule has 0 spiro atoms. The van der Waals surface area contributed by atoms with E-state index < -0.39 is 0 Å². The van der Waals surface area contributed by atoms with Crippen molar-refractivity contribution in [1.29, 1.82) is 0 Å². The maximum absolute atomic E-state index is 2.31. The maximum atomic E-state index is 2.31. The highest BCUT2D eigenvalue weighted by atomic mass is 15.1. The number of hydrogen-bond acceptors (Lipinski definition) is 3. The van der Waals surface area contributed by atoms with Crippen molar-refractivity contribution in [2.75, 3.05) is 61.9 Å². The Morgan fingerprint density at radius 3 is 0.711 bits per heavy atom. The van der Waals surface area contributed by atoms with E-state index in [1.807, 2.05) is 0 Å². The molecule has 3 rings (SSSR count). The minimum Gasteiger partial charge on any atom is -0.309 e. The van der Waals surface area contributed by atoms with Crippen molar-refractivity contribution in [2.45, 2.75) is 78.6 Å². The Morgan fingerprint density at radius 1 is 0.356 bits per heavy atom. The molecule has 0 aliphatic rings. The molecule has 0 saturated carbocycles. The van der Waals surface area contributed by atoms with E-state index in [1.165, 1.54) is 36.0 Å². The predicted molar refractivity (Wildman–Crippen MR) is 202 cm³/mol. The van der Waals surface area contributed by atoms with Crippen LogP contribution in [-0.2, 0) is 0 Å². The van der Waals surface area contributed by atoms with E-state index in [0.29, 0.717) is 35.5 Å². The maximum Gasteiger partial charge on any atom is -0.00189 e. The van der Waals surface area contributed by atoms with Crippen molar-refractivity contribution in [3.05, 3.63) is 108 Å². The lowest BCUT2D eigenvalue weighted by Gasteiger charge is -2.23. The van der Waals surface area contributed by atoms with Gasteiger partial charge in [-0.05, 0) is 133 Å². The molecule has 45 heavy (non-hydrogen) atoms. The topological polar surface area (TPSA) is 9.72 Å². The summed E-state index contributed by atoms with van der Waals surface area (Å²) >= 11 is 0. The Kier molecular flexibility index (Phi) is 20.7. The molecule has 3 aromatic rings. The van der Waals surface area contributed by atoms with E-state index in [4.69, 9.17) is 0 Å². The van der Waals surface area contributed by atoms with Crippen LogP contribution in [0.3, 0.4) is 0 Å². The van der Waals surface area contributed by atoms with Crippen LogP contribution in [0.2, 0.25) is 0 Å². The van der Waals surface area contributed by atoms with Crippen LogP contribution in [0.4, 0.5) is 0 Å². The van der Waals surface area contributed by atoms with Crippen LogP contribution in [0, 0.1) is 17.8 Å². The highest BCUT2D eigenvalue weighted by molar-refractivity contribution is 5.21. The second kappa shape index (κ2) is 23.0. The second-order valence-electron chi connectivity index (χ2n) is 14.6. The van der Waals surface area contributed by atoms with Gasteiger partial charge in [0.1, 0.15) is 0 Å². The molecule has 3 heteroatoms. The predicted octanol–water partition coefficient (Wildman–Crippen LogP) is 10.1. The van der Waals surface area contributed by atoms with Crippen molar-refractivity contribution in [2.24, 2.45) is 17.8 Å². The molecule has 0 bridgehead atoms. The molecule has 252 valence electrons. The Labute approximate surface area is 280 Å². The van der Waals surface area contributed by atoms with E-state index in [9.17, 15) is 0 Å². The summed E-state index contributed by atoms with van der Waals surface area (Å²) in [6.45, 7) is 17.4. The summed E-state index contributed by atoms with van der Waals surface area (Å²) in [4.78, 5) is 6.79. The lowest BCUT2D eigenvalue weighted by molar-refractivity contribution is 0.352. The van der Waals surface area contributed by atoms with Gasteiger partial charge in [-0.1, -0.05) is 133 Å². The quantitative estimate of drug-likeness (QED) is 0.168. The zero-order valence-electron chi connectivity index (χ0n) is 31.2. The largest absolute Gasteiger partial charge is 0.309 e. The lowest BCUT2D eigenvalue weighted by Crippen LogP contribution is -2.18. The van der Waals surface area contributed by atoms with Crippen molar-refractivity contribution in [1.82, 2.24) is 14.7 Å². The summed E-state index contributed by atoms with van der Waals surface area (Å²) in [5, 5.41) is 0. The monoisotopic (exact) mass is 616 g/mol. The van der Waals surface area contributed by atoms with Crippen molar-refractivity contribution < 1.29 is 0 Å². The molecule has 0 fully saturated rings. The first-order valence-electron chi connectivity index (χ1n) is 17.4. The molecule has 0 heterocycles. The molecule has 0 amide bonds. The first kappa shape index (κ1) is 40.6. The van der Waals surface area contributed by atoms with Crippen LogP contribution in [-0.4, -0.2) is 76.6 Å². The third-order valence-corrected chi connectivity index (χ3v) is 8.76. The zero-order chi connectivity index (χ0) is 33.8. The van der Waals surface area contributed by atoms with Gasteiger partial charge in [0.15, 0.2) is 0 Å². The Morgan fingerprint density at radius 2 is 0.556 bits per heavy atom. The summed E-state index contributed by atoms with van der Waals surface area (Å²) in [7, 11) is 12.8. The molecule has 1 unspecified atom stereocenters. The van der Waals surface area contributed by atoms with Gasteiger partial charge >= 0.3 is 0 Å². The Balaban J connectivity index is 0.000000337. The van der Waals surface area contributed by atoms with Gasteiger partial charge in [0.25, 0.3) is 0 Å². The highest BCUT2D eigenvalue weighted by Crippen LogP contribution is 2.29. The first-order chi connectivity index (χ1) is 21.3. The van der Waals surface area contributed by atoms with Gasteiger partial charge in [0.05, 0.1) is 0 Å². The number of rotatable bonds is 15. The van der Waals surface area contributed by atoms with Crippen LogP contribution >= 0.6 is 0 Å². The van der Waals surface area contributed by atoms with Gasteiger partial charge in [-0.15, -0.1) is 0 Å². The van der Waals surface area contributed by atoms with Crippen molar-refractivity contribution >= 4 is 0 Å². The molecule has 0 aliphatic heterocycles. The fourth-order valence-electron chi connectivity index (χ4n) is 5.95. The minimum atomic E-state index is 0.689. The zero-order valence-corrected chi connectivity index (χ0v) is 31.2. The standard InChI is InChI=1S/3C14H23N/c3*1-12(2)14(10-11-15(3)4)13-8-6-5-7-9-13/h3*5-9,12,14H,10-11H2,1-4H3/t2*14-;/m10./s1. The summed E-state index contributed by atoms with van der Waals surface area (Å²) in [6, 6.07) is 32.6. The van der Waals surface area contributed by atoms with Crippen LogP contribution in [0.25, 0.3) is 0 Å². The fraction of sp³-hybridized carbons (Fsp3) is 0.571. The van der Waals surface area contributed by atoms with Gasteiger partial charge in [-0.3, -0.25) is 0 Å². The SMILES string of the molecule is CC(C)C(CCN(C)C)c1ccccc1.CC(C)[C@@H](CCN(C)C)c1ccccc1.CC(C)[C@H](CCN(C)C)c1ccccc1. The summed E-state index contributed by atoms with van der Waals surface area (Å²) < 4.78 is 0. The molecule has 3 nitrogen and oxygen atoms in total. The normalized spacial score (nSPS) is 13.5. The molecule has 0 radical (unpaired) electrons. The van der Waals surface area contributed by atoms with E-state index in [2.05, 4.69) is 190 Å². The number of benzene rings is 3. The van der Waals surface area contributed by atoms with E-state index in [-0.39, 0.29) is 0 Å². The third-order valence-electron chi connectivity index (χ3n) is 8.76. The molecule has 0 saturated heterocycles. The fourth-order valence-corrected chi connectivity index (χ4v) is 5.95. The van der Waals surface area contributed by atoms with Crippen LogP contribution in [0.1, 0.15) is 95.2 Å². The van der Waals surface area contributed by atoms with Crippen LogP contribution in [0.15, 0.2) is 91.0 Å². The molecule has 0 N–H and O–H groups in total. The molecular weight excluding hydrogens is 546 g/mol. The number of hydrogen-bond donors (Lipinski definition) is 0. The number of nitrogens with zero attached hydrogens (tertiary/aromatic N) is 3. The average Bonchev–Trinajstić information content (AvgIpc) is 2.99. The van der Waals surface area contributed by atoms with Gasteiger partial charge in [0.2, 0.25) is 0 Å². The van der Waals surface area contributed by atoms with Crippen molar-refractivity contribution in [3.8, 4) is 0 Å². The molecule has 0 aromatic heterocycles.